The normalized spacial score (nSPS) is 18.1. The number of anilines is 1. The molecule has 0 aromatic heterocycles. The molecule has 0 bridgehead atoms. The minimum atomic E-state index is -4.27. The average molecular weight is 472 g/mol. The van der Waals surface area contributed by atoms with E-state index in [0.29, 0.717) is 43.9 Å². The maximum absolute atomic E-state index is 14.7. The van der Waals surface area contributed by atoms with Crippen molar-refractivity contribution in [3.8, 4) is 0 Å². The molecule has 1 aliphatic carbocycles. The van der Waals surface area contributed by atoms with Crippen molar-refractivity contribution < 1.29 is 36.6 Å². The van der Waals surface area contributed by atoms with E-state index in [1.54, 1.807) is 0 Å². The molecule has 0 radical (unpaired) electrons. The molecule has 1 fully saturated rings. The molecule has 2 aromatic carbocycles. The Labute approximate surface area is 188 Å². The number of alkyl halides is 2. The average Bonchev–Trinajstić information content (AvgIpc) is 2.79. The van der Waals surface area contributed by atoms with Crippen molar-refractivity contribution >= 4 is 17.5 Å². The Morgan fingerprint density at radius 3 is 2.12 bits per heavy atom. The summed E-state index contributed by atoms with van der Waals surface area (Å²) in [5.74, 6) is -10.7. The predicted molar refractivity (Wildman–Crippen MR) is 112 cm³/mol. The number of aliphatic hydroxyl groups is 1. The third-order valence-corrected chi connectivity index (χ3v) is 5.06. The number of aliphatic hydroxyl groups excluding tert-OH is 1. The summed E-state index contributed by atoms with van der Waals surface area (Å²) in [7, 11) is 0. The summed E-state index contributed by atoms with van der Waals surface area (Å²) in [5.41, 5.74) is -1.84. The second-order valence-corrected chi connectivity index (χ2v) is 7.33. The van der Waals surface area contributed by atoms with Gasteiger partial charge in [-0.3, -0.25) is 9.59 Å². The van der Waals surface area contributed by atoms with Gasteiger partial charge in [0, 0.05) is 23.4 Å². The number of carbonyl (C=O) groups is 2. The van der Waals surface area contributed by atoms with Crippen molar-refractivity contribution in [3.05, 3.63) is 65.0 Å². The van der Waals surface area contributed by atoms with Crippen LogP contribution >= 0.6 is 0 Å². The van der Waals surface area contributed by atoms with Gasteiger partial charge in [-0.15, -0.1) is 0 Å². The molecule has 180 valence electrons. The predicted octanol–water partition coefficient (Wildman–Crippen LogP) is 4.89. The number of amides is 2. The van der Waals surface area contributed by atoms with Crippen LogP contribution in [-0.2, 0) is 10.7 Å². The molecule has 1 saturated carbocycles. The van der Waals surface area contributed by atoms with Crippen molar-refractivity contribution in [1.29, 1.82) is 0 Å². The summed E-state index contributed by atoms with van der Waals surface area (Å²) in [6.07, 6.45) is 0.773. The van der Waals surface area contributed by atoms with Crippen LogP contribution in [0.25, 0.3) is 0 Å². The highest BCUT2D eigenvalue weighted by Crippen LogP contribution is 2.32. The van der Waals surface area contributed by atoms with E-state index < -0.39 is 58.5 Å². The summed E-state index contributed by atoms with van der Waals surface area (Å²) in [5, 5.41) is 13.8. The quantitative estimate of drug-likeness (QED) is 0.542. The van der Waals surface area contributed by atoms with Crippen molar-refractivity contribution in [2.75, 3.05) is 5.32 Å². The lowest BCUT2D eigenvalue weighted by Gasteiger charge is -2.28. The maximum Gasteiger partial charge on any atom is 0.352 e. The van der Waals surface area contributed by atoms with Gasteiger partial charge >= 0.3 is 5.92 Å². The van der Waals surface area contributed by atoms with E-state index in [0.717, 1.165) is 18.2 Å². The van der Waals surface area contributed by atoms with E-state index in [4.69, 9.17) is 0 Å². The van der Waals surface area contributed by atoms with Gasteiger partial charge in [0.1, 0.15) is 5.82 Å². The summed E-state index contributed by atoms with van der Waals surface area (Å²) in [4.78, 5) is 24.4. The lowest BCUT2D eigenvalue weighted by atomic mass is 9.92. The molecule has 1 aliphatic rings. The zero-order chi connectivity index (χ0) is 24.8. The largest absolute Gasteiger partial charge is 0.393 e. The third-order valence-electron chi connectivity index (χ3n) is 5.06. The fourth-order valence-corrected chi connectivity index (χ4v) is 3.30. The molecule has 0 heterocycles. The number of hydrogen-bond donors (Lipinski definition) is 3. The van der Waals surface area contributed by atoms with E-state index in [2.05, 4.69) is 10.6 Å². The monoisotopic (exact) mass is 472 g/mol. The van der Waals surface area contributed by atoms with E-state index >= 15 is 0 Å². The molecule has 0 aliphatic heterocycles. The number of carbonyl (C=O) groups excluding carboxylic acids is 2. The minimum Gasteiger partial charge on any atom is -0.393 e. The van der Waals surface area contributed by atoms with Crippen LogP contribution in [-0.4, -0.2) is 29.1 Å². The Morgan fingerprint density at radius 2 is 1.52 bits per heavy atom. The molecule has 0 atom stereocenters. The highest BCUT2D eigenvalue weighted by molar-refractivity contribution is 6.04. The van der Waals surface area contributed by atoms with Gasteiger partial charge in [-0.1, -0.05) is 13.8 Å². The van der Waals surface area contributed by atoms with Crippen molar-refractivity contribution in [2.24, 2.45) is 0 Å². The van der Waals surface area contributed by atoms with Gasteiger partial charge in [-0.05, 0) is 56.0 Å². The first kappa shape index (κ1) is 26.2. The van der Waals surface area contributed by atoms with Crippen LogP contribution < -0.4 is 10.6 Å². The van der Waals surface area contributed by atoms with Gasteiger partial charge in [0.15, 0.2) is 11.6 Å². The molecule has 5 nitrogen and oxygen atoms in total. The Bertz CT molecular complexity index is 992. The number of benzene rings is 2. The highest BCUT2D eigenvalue weighted by atomic mass is 19.3. The van der Waals surface area contributed by atoms with Gasteiger partial charge in [0.2, 0.25) is 0 Å². The number of halogens is 5. The highest BCUT2D eigenvalue weighted by Gasteiger charge is 2.44. The molecule has 10 heteroatoms. The van der Waals surface area contributed by atoms with Gasteiger partial charge in [0.05, 0.1) is 11.7 Å². The molecule has 0 spiro atoms. The molecular weight excluding hydrogens is 447 g/mol. The van der Waals surface area contributed by atoms with Crippen LogP contribution in [0, 0.1) is 17.5 Å². The molecule has 2 aromatic rings. The van der Waals surface area contributed by atoms with Crippen LogP contribution in [0.2, 0.25) is 0 Å². The smallest absolute Gasteiger partial charge is 0.352 e. The van der Waals surface area contributed by atoms with E-state index in [9.17, 15) is 36.6 Å². The van der Waals surface area contributed by atoms with Crippen LogP contribution in [0.5, 0.6) is 0 Å². The van der Waals surface area contributed by atoms with Crippen LogP contribution in [0.15, 0.2) is 36.4 Å². The topological polar surface area (TPSA) is 78.4 Å². The zero-order valence-corrected chi connectivity index (χ0v) is 18.1. The molecule has 3 N–H and O–H groups in total. The maximum atomic E-state index is 14.7. The second-order valence-electron chi connectivity index (χ2n) is 7.33. The van der Waals surface area contributed by atoms with Gasteiger partial charge in [0.25, 0.3) is 11.8 Å². The fourth-order valence-electron chi connectivity index (χ4n) is 3.30. The first-order valence-corrected chi connectivity index (χ1v) is 10.5. The molecule has 0 saturated heterocycles. The molecule has 33 heavy (non-hydrogen) atoms. The van der Waals surface area contributed by atoms with Crippen molar-refractivity contribution in [2.45, 2.75) is 57.6 Å². The van der Waals surface area contributed by atoms with E-state index in [1.165, 1.54) is 0 Å². The fraction of sp³-hybridized carbons (Fsp3) is 0.391. The van der Waals surface area contributed by atoms with Crippen LogP contribution in [0.1, 0.15) is 55.5 Å². The van der Waals surface area contributed by atoms with Gasteiger partial charge < -0.3 is 15.7 Å². The lowest BCUT2D eigenvalue weighted by Crippen LogP contribution is -2.46. The SMILES string of the molecule is CC.O=C(Nc1ccc(F)c(F)c1)c1ccc(F)c(C(F)(F)C(=O)NC2CCC(O)CC2)c1. The minimum absolute atomic E-state index is 0.140. The Morgan fingerprint density at radius 1 is 0.909 bits per heavy atom. The Kier molecular flexibility index (Phi) is 8.92. The zero-order valence-electron chi connectivity index (χ0n) is 18.1. The van der Waals surface area contributed by atoms with Crippen LogP contribution in [0.4, 0.5) is 27.6 Å². The third kappa shape index (κ3) is 6.50. The summed E-state index contributed by atoms with van der Waals surface area (Å²) < 4.78 is 69.8. The summed E-state index contributed by atoms with van der Waals surface area (Å²) in [6.45, 7) is 4.00. The second kappa shape index (κ2) is 11.2. The number of nitrogens with one attached hydrogen (secondary N) is 2. The van der Waals surface area contributed by atoms with Crippen molar-refractivity contribution in [3.63, 3.8) is 0 Å². The first-order valence-electron chi connectivity index (χ1n) is 10.5. The number of hydrogen-bond acceptors (Lipinski definition) is 3. The lowest BCUT2D eigenvalue weighted by molar-refractivity contribution is -0.148. The Hall–Kier alpha value is -3.01. The van der Waals surface area contributed by atoms with Gasteiger partial charge in [-0.25, -0.2) is 13.2 Å². The summed E-state index contributed by atoms with van der Waals surface area (Å²) in [6, 6.07) is 4.02. The molecule has 3 rings (SSSR count). The van der Waals surface area contributed by atoms with E-state index in [-0.39, 0.29) is 5.69 Å². The van der Waals surface area contributed by atoms with Crippen molar-refractivity contribution in [1.82, 2.24) is 5.32 Å². The molecular formula is C23H25F5N2O3. The number of rotatable bonds is 5. The molecule has 0 unspecified atom stereocenters. The molecule has 2 amide bonds. The summed E-state index contributed by atoms with van der Waals surface area (Å²) >= 11 is 0. The van der Waals surface area contributed by atoms with E-state index in [1.807, 2.05) is 13.8 Å². The standard InChI is InChI=1S/C21H19F5N2O3.C2H6/c22-16-7-1-11(19(30)27-13-4-8-17(23)18(24)10-13)9-15(16)21(25,26)20(31)28-12-2-5-14(29)6-3-12;1-2/h1,4,7-10,12,14,29H,2-3,5-6H2,(H,27,30)(H,28,31);1-2H3. The first-order chi connectivity index (χ1) is 15.6. The van der Waals surface area contributed by atoms with Gasteiger partial charge in [-0.2, -0.15) is 8.78 Å². The Balaban J connectivity index is 0.00000187. The van der Waals surface area contributed by atoms with Crippen LogP contribution in [0.3, 0.4) is 0 Å².